The number of allylic oxidation sites excluding steroid dienone is 6. The number of nitrogens with zero attached hydrogens (tertiary/aromatic N) is 1. The number of aromatic hydroxyl groups is 1. The largest absolute Gasteiger partial charge is 0.508 e. The van der Waals surface area contributed by atoms with Crippen molar-refractivity contribution in [2.24, 2.45) is 17.8 Å². The highest BCUT2D eigenvalue weighted by Gasteiger charge is 2.56. The molecule has 4 aliphatic rings. The van der Waals surface area contributed by atoms with Crippen molar-refractivity contribution in [1.29, 1.82) is 0 Å². The van der Waals surface area contributed by atoms with Crippen LogP contribution >= 0.6 is 15.9 Å². The Hall–Kier alpha value is -3.00. The maximum absolute atomic E-state index is 13.2. The summed E-state index contributed by atoms with van der Waals surface area (Å²) in [5, 5.41) is 9.97. The minimum absolute atomic E-state index is 0.0127. The number of hydrogen-bond donors (Lipinski definition) is 1. The molecule has 7 nitrogen and oxygen atoms in total. The van der Waals surface area contributed by atoms with E-state index < -0.39 is 17.8 Å². The van der Waals surface area contributed by atoms with Gasteiger partial charge in [-0.25, -0.2) is 0 Å². The Labute approximate surface area is 198 Å². The molecule has 1 aromatic carbocycles. The summed E-state index contributed by atoms with van der Waals surface area (Å²) in [6.45, 7) is 2.08. The van der Waals surface area contributed by atoms with Crippen LogP contribution in [0, 0.1) is 17.8 Å². The molecule has 1 saturated heterocycles. The molecular weight excluding hydrogens is 490 g/mol. The van der Waals surface area contributed by atoms with Crippen LogP contribution in [0.1, 0.15) is 31.2 Å². The lowest BCUT2D eigenvalue weighted by molar-refractivity contribution is -0.139. The number of rotatable bonds is 3. The maximum atomic E-state index is 13.2. The van der Waals surface area contributed by atoms with E-state index in [-0.39, 0.29) is 46.0 Å². The molecule has 33 heavy (non-hydrogen) atoms. The molecule has 0 saturated carbocycles. The Balaban J connectivity index is 1.73. The van der Waals surface area contributed by atoms with Crippen LogP contribution in [0.5, 0.6) is 11.5 Å². The SMILES string of the molecule is CCN1C(=O)C2CC=C3C(c4ccc(O)cc4OC)C4=C(CC3C2C1=O)C(=O)C(Br)=CC4=O. The number of phenols is 1. The Bertz CT molecular complexity index is 1230. The lowest BCUT2D eigenvalue weighted by Gasteiger charge is -2.42. The highest BCUT2D eigenvalue weighted by atomic mass is 79.9. The van der Waals surface area contributed by atoms with Crippen molar-refractivity contribution in [3.8, 4) is 11.5 Å². The van der Waals surface area contributed by atoms with Crippen LogP contribution in [0.3, 0.4) is 0 Å². The van der Waals surface area contributed by atoms with E-state index in [0.29, 0.717) is 35.4 Å². The van der Waals surface area contributed by atoms with E-state index in [9.17, 15) is 24.3 Å². The molecular formula is C25H22BrNO6. The van der Waals surface area contributed by atoms with E-state index in [1.54, 1.807) is 13.0 Å². The van der Waals surface area contributed by atoms with Gasteiger partial charge in [0.25, 0.3) is 0 Å². The number of imide groups is 1. The van der Waals surface area contributed by atoms with Gasteiger partial charge in [0.05, 0.1) is 23.4 Å². The first-order valence-electron chi connectivity index (χ1n) is 10.9. The summed E-state index contributed by atoms with van der Waals surface area (Å²) in [7, 11) is 1.47. The maximum Gasteiger partial charge on any atom is 0.233 e. The van der Waals surface area contributed by atoms with Crippen molar-refractivity contribution in [3.63, 3.8) is 0 Å². The Kier molecular flexibility index (Phi) is 5.16. The van der Waals surface area contributed by atoms with Crippen LogP contribution in [0.2, 0.25) is 0 Å². The van der Waals surface area contributed by atoms with Gasteiger partial charge in [0.2, 0.25) is 11.8 Å². The number of phenolic OH excluding ortho intramolecular Hbond substituents is 1. The fourth-order valence-corrected chi connectivity index (χ4v) is 6.32. The second-order valence-corrected chi connectivity index (χ2v) is 9.59. The molecule has 1 aromatic rings. The van der Waals surface area contributed by atoms with Crippen LogP contribution in [0.25, 0.3) is 0 Å². The molecule has 1 heterocycles. The molecule has 4 atom stereocenters. The van der Waals surface area contributed by atoms with E-state index in [1.165, 1.54) is 30.2 Å². The molecule has 1 N–H and O–H groups in total. The van der Waals surface area contributed by atoms with Gasteiger partial charge in [0.15, 0.2) is 11.6 Å². The highest BCUT2D eigenvalue weighted by Crippen LogP contribution is 2.56. The van der Waals surface area contributed by atoms with Gasteiger partial charge >= 0.3 is 0 Å². The third-order valence-electron chi connectivity index (χ3n) is 7.27. The van der Waals surface area contributed by atoms with E-state index in [1.807, 2.05) is 6.08 Å². The fraction of sp³-hybridized carbons (Fsp3) is 0.360. The quantitative estimate of drug-likeness (QED) is 0.380. The van der Waals surface area contributed by atoms with Gasteiger partial charge in [-0.2, -0.15) is 0 Å². The van der Waals surface area contributed by atoms with Gasteiger partial charge in [0.1, 0.15) is 11.5 Å². The van der Waals surface area contributed by atoms with E-state index in [0.717, 1.165) is 5.57 Å². The molecule has 1 aliphatic heterocycles. The zero-order valence-corrected chi connectivity index (χ0v) is 19.7. The number of carbonyl (C=O) groups is 4. The minimum atomic E-state index is -0.609. The number of Topliss-reactive ketones (excluding diaryl/α,β-unsaturated/α-hetero) is 1. The second kappa shape index (κ2) is 7.80. The van der Waals surface area contributed by atoms with Crippen molar-refractivity contribution in [3.05, 3.63) is 57.1 Å². The van der Waals surface area contributed by atoms with Gasteiger partial charge in [-0.1, -0.05) is 17.7 Å². The van der Waals surface area contributed by atoms with E-state index in [2.05, 4.69) is 15.9 Å². The number of ether oxygens (including phenoxy) is 1. The van der Waals surface area contributed by atoms with Gasteiger partial charge < -0.3 is 9.84 Å². The lowest BCUT2D eigenvalue weighted by atomic mass is 9.59. The number of fused-ring (bicyclic) bond motifs is 3. The number of benzene rings is 1. The van der Waals surface area contributed by atoms with Crippen molar-refractivity contribution < 1.29 is 29.0 Å². The first-order chi connectivity index (χ1) is 15.8. The van der Waals surface area contributed by atoms with Crippen LogP contribution in [0.4, 0.5) is 0 Å². The smallest absolute Gasteiger partial charge is 0.233 e. The van der Waals surface area contributed by atoms with Crippen LogP contribution in [-0.4, -0.2) is 47.0 Å². The number of likely N-dealkylation sites (tertiary alicyclic amines) is 1. The third kappa shape index (κ3) is 3.07. The van der Waals surface area contributed by atoms with Gasteiger partial charge in [0, 0.05) is 41.3 Å². The molecule has 5 rings (SSSR count). The first kappa shape index (κ1) is 21.8. The molecule has 170 valence electrons. The summed E-state index contributed by atoms with van der Waals surface area (Å²) in [5.41, 5.74) is 2.23. The summed E-state index contributed by atoms with van der Waals surface area (Å²) in [4.78, 5) is 53.8. The Morgan fingerprint density at radius 2 is 1.91 bits per heavy atom. The molecule has 8 heteroatoms. The second-order valence-electron chi connectivity index (χ2n) is 8.74. The topological polar surface area (TPSA) is 101 Å². The predicted octanol–water partition coefficient (Wildman–Crippen LogP) is 3.18. The van der Waals surface area contributed by atoms with Crippen LogP contribution in [-0.2, 0) is 19.2 Å². The number of hydrogen-bond acceptors (Lipinski definition) is 6. The zero-order chi connectivity index (χ0) is 23.6. The van der Waals surface area contributed by atoms with Crippen LogP contribution < -0.4 is 4.74 Å². The first-order valence-corrected chi connectivity index (χ1v) is 11.7. The van der Waals surface area contributed by atoms with Crippen molar-refractivity contribution in [1.82, 2.24) is 4.90 Å². The number of ketones is 2. The number of amides is 2. The third-order valence-corrected chi connectivity index (χ3v) is 7.86. The zero-order valence-electron chi connectivity index (χ0n) is 18.1. The molecule has 0 bridgehead atoms. The van der Waals surface area contributed by atoms with Crippen molar-refractivity contribution >= 4 is 39.3 Å². The molecule has 0 spiro atoms. The van der Waals surface area contributed by atoms with Gasteiger partial charge in [-0.15, -0.1) is 0 Å². The molecule has 0 aromatic heterocycles. The minimum Gasteiger partial charge on any atom is -0.508 e. The normalized spacial score (nSPS) is 28.9. The highest BCUT2D eigenvalue weighted by molar-refractivity contribution is 9.12. The summed E-state index contributed by atoms with van der Waals surface area (Å²) >= 11 is 3.21. The summed E-state index contributed by atoms with van der Waals surface area (Å²) < 4.78 is 5.71. The standard InChI is InChI=1S/C25H22BrNO6/c1-3-27-24(31)14-7-6-12-15(21(14)25(27)32)9-16-22(18(29)10-17(26)23(16)30)20(12)13-5-4-11(28)8-19(13)33-2/h4-6,8,10,14-15,20-21,28H,3,7,9H2,1-2H3. The predicted molar refractivity (Wildman–Crippen MR) is 122 cm³/mol. The number of methoxy groups -OCH3 is 1. The summed E-state index contributed by atoms with van der Waals surface area (Å²) in [5.74, 6) is -2.56. The van der Waals surface area contributed by atoms with Crippen LogP contribution in [0.15, 0.2) is 51.6 Å². The van der Waals surface area contributed by atoms with Gasteiger partial charge in [-0.3, -0.25) is 24.1 Å². The fourth-order valence-electron chi connectivity index (χ4n) is 5.88. The molecule has 2 amide bonds. The van der Waals surface area contributed by atoms with E-state index >= 15 is 0 Å². The van der Waals surface area contributed by atoms with Crippen molar-refractivity contribution in [2.45, 2.75) is 25.7 Å². The van der Waals surface area contributed by atoms with E-state index in [4.69, 9.17) is 4.74 Å². The average molecular weight is 512 g/mol. The Morgan fingerprint density at radius 1 is 1.15 bits per heavy atom. The summed E-state index contributed by atoms with van der Waals surface area (Å²) in [6, 6.07) is 4.66. The lowest BCUT2D eigenvalue weighted by Crippen LogP contribution is -2.39. The number of carbonyl (C=O) groups excluding carboxylic acids is 4. The molecule has 0 radical (unpaired) electrons. The average Bonchev–Trinajstić information content (AvgIpc) is 3.05. The summed E-state index contributed by atoms with van der Waals surface area (Å²) in [6.07, 6.45) is 3.88. The molecule has 4 unspecified atom stereocenters. The van der Waals surface area contributed by atoms with Gasteiger partial charge in [-0.05, 0) is 47.7 Å². The molecule has 1 fully saturated rings. The Morgan fingerprint density at radius 3 is 2.61 bits per heavy atom. The monoisotopic (exact) mass is 511 g/mol. The molecule has 3 aliphatic carbocycles. The number of halogens is 1. The van der Waals surface area contributed by atoms with Crippen molar-refractivity contribution in [2.75, 3.05) is 13.7 Å².